The van der Waals surface area contributed by atoms with Crippen molar-refractivity contribution < 1.29 is 13.2 Å². The van der Waals surface area contributed by atoms with E-state index in [1.165, 1.54) is 0 Å². The fourth-order valence-corrected chi connectivity index (χ4v) is 1.87. The van der Waals surface area contributed by atoms with Crippen LogP contribution in [0.15, 0.2) is 0 Å². The lowest BCUT2D eigenvalue weighted by atomic mass is 9.84. The van der Waals surface area contributed by atoms with Gasteiger partial charge in [-0.05, 0) is 11.8 Å². The molecule has 5 N–H and O–H groups in total. The number of hydrogen-bond acceptors (Lipinski definition) is 4. The largest absolute Gasteiger partial charge is 0.355 e. The molecule has 17 heavy (non-hydrogen) atoms. The molecule has 0 radical (unpaired) electrons. The summed E-state index contributed by atoms with van der Waals surface area (Å²) in [5, 5.41) is 7.36. The Morgan fingerprint density at radius 3 is 2.24 bits per heavy atom. The van der Waals surface area contributed by atoms with Gasteiger partial charge in [0.1, 0.15) is 0 Å². The summed E-state index contributed by atoms with van der Waals surface area (Å²) < 4.78 is 21.4. The van der Waals surface area contributed by atoms with Gasteiger partial charge in [0.25, 0.3) is 0 Å². The van der Waals surface area contributed by atoms with Crippen LogP contribution in [0.5, 0.6) is 0 Å². The SMILES string of the molecule is CC(C)(C)CC(CN)C(=O)NCCS(N)(=O)=O. The third-order valence-corrected chi connectivity index (χ3v) is 2.97. The molecule has 0 aromatic rings. The molecule has 0 aliphatic rings. The molecule has 1 atom stereocenters. The number of carbonyl (C=O) groups excluding carboxylic acids is 1. The number of nitrogens with one attached hydrogen (secondary N) is 1. The Bertz CT molecular complexity index is 346. The Balaban J connectivity index is 4.19. The van der Waals surface area contributed by atoms with E-state index < -0.39 is 10.0 Å². The molecule has 102 valence electrons. The zero-order valence-electron chi connectivity index (χ0n) is 10.7. The predicted octanol–water partition coefficient (Wildman–Crippen LogP) is -0.598. The van der Waals surface area contributed by atoms with E-state index in [4.69, 9.17) is 10.9 Å². The molecule has 0 heterocycles. The van der Waals surface area contributed by atoms with Crippen molar-refractivity contribution in [2.24, 2.45) is 22.2 Å². The molecular weight excluding hydrogens is 242 g/mol. The fourth-order valence-electron chi connectivity index (χ4n) is 1.48. The van der Waals surface area contributed by atoms with Gasteiger partial charge in [0.15, 0.2) is 0 Å². The first-order valence-electron chi connectivity index (χ1n) is 5.53. The summed E-state index contributed by atoms with van der Waals surface area (Å²) in [4.78, 5) is 11.7. The summed E-state index contributed by atoms with van der Waals surface area (Å²) >= 11 is 0. The minimum Gasteiger partial charge on any atom is -0.355 e. The second-order valence-corrected chi connectivity index (χ2v) is 7.09. The number of hydrogen-bond donors (Lipinski definition) is 3. The van der Waals surface area contributed by atoms with Gasteiger partial charge >= 0.3 is 0 Å². The van der Waals surface area contributed by atoms with Crippen LogP contribution in [-0.4, -0.2) is 33.2 Å². The number of rotatable bonds is 6. The Kier molecular flexibility index (Phi) is 6.08. The molecule has 0 aromatic carbocycles. The minimum absolute atomic E-state index is 0.00131. The summed E-state index contributed by atoms with van der Waals surface area (Å²) in [5.41, 5.74) is 5.54. The number of carbonyl (C=O) groups is 1. The van der Waals surface area contributed by atoms with E-state index in [2.05, 4.69) is 5.32 Å². The molecule has 0 aliphatic carbocycles. The summed E-state index contributed by atoms with van der Waals surface area (Å²) in [7, 11) is -3.53. The first-order valence-corrected chi connectivity index (χ1v) is 7.25. The molecule has 0 saturated heterocycles. The number of primary sulfonamides is 1. The second-order valence-electron chi connectivity index (χ2n) is 5.36. The van der Waals surface area contributed by atoms with Gasteiger partial charge in [-0.2, -0.15) is 0 Å². The summed E-state index contributed by atoms with van der Waals surface area (Å²) in [6.45, 7) is 6.34. The van der Waals surface area contributed by atoms with Crippen LogP contribution in [0.25, 0.3) is 0 Å². The highest BCUT2D eigenvalue weighted by Gasteiger charge is 2.23. The molecule has 0 rings (SSSR count). The molecule has 0 aliphatic heterocycles. The summed E-state index contributed by atoms with van der Waals surface area (Å²) in [6, 6.07) is 0. The average molecular weight is 265 g/mol. The Hall–Kier alpha value is -0.660. The second kappa shape index (κ2) is 6.32. The minimum atomic E-state index is -3.53. The van der Waals surface area contributed by atoms with E-state index in [9.17, 15) is 13.2 Å². The van der Waals surface area contributed by atoms with E-state index in [0.29, 0.717) is 6.42 Å². The van der Waals surface area contributed by atoms with Crippen LogP contribution in [0, 0.1) is 11.3 Å². The van der Waals surface area contributed by atoms with Crippen molar-refractivity contribution in [3.63, 3.8) is 0 Å². The zero-order chi connectivity index (χ0) is 13.7. The van der Waals surface area contributed by atoms with Crippen molar-refractivity contribution in [2.45, 2.75) is 27.2 Å². The topological polar surface area (TPSA) is 115 Å². The standard InChI is InChI=1S/C10H23N3O3S/c1-10(2,3)6-8(7-11)9(14)13-4-5-17(12,15)16/h8H,4-7,11H2,1-3H3,(H,13,14)(H2,12,15,16). The molecule has 1 amide bonds. The quantitative estimate of drug-likeness (QED) is 0.595. The molecule has 0 spiro atoms. The van der Waals surface area contributed by atoms with E-state index in [1.807, 2.05) is 20.8 Å². The number of amides is 1. The molecule has 6 nitrogen and oxygen atoms in total. The molecular formula is C10H23N3O3S. The maximum absolute atomic E-state index is 11.7. The summed E-state index contributed by atoms with van der Waals surface area (Å²) in [5.74, 6) is -0.771. The van der Waals surface area contributed by atoms with Crippen LogP contribution >= 0.6 is 0 Å². The van der Waals surface area contributed by atoms with E-state index in [1.54, 1.807) is 0 Å². The van der Waals surface area contributed by atoms with Crippen molar-refractivity contribution in [1.82, 2.24) is 5.32 Å². The van der Waals surface area contributed by atoms with Gasteiger partial charge in [-0.15, -0.1) is 0 Å². The van der Waals surface area contributed by atoms with Crippen LogP contribution in [0.2, 0.25) is 0 Å². The lowest BCUT2D eigenvalue weighted by molar-refractivity contribution is -0.125. The van der Waals surface area contributed by atoms with Gasteiger partial charge in [-0.1, -0.05) is 20.8 Å². The average Bonchev–Trinajstić information content (AvgIpc) is 2.10. The first kappa shape index (κ1) is 16.3. The highest BCUT2D eigenvalue weighted by atomic mass is 32.2. The third-order valence-electron chi connectivity index (χ3n) is 2.20. The van der Waals surface area contributed by atoms with Crippen LogP contribution < -0.4 is 16.2 Å². The van der Waals surface area contributed by atoms with Gasteiger partial charge in [0.2, 0.25) is 15.9 Å². The maximum Gasteiger partial charge on any atom is 0.224 e. The summed E-state index contributed by atoms with van der Waals surface area (Å²) in [6.07, 6.45) is 0.657. The molecule has 0 aromatic heterocycles. The van der Waals surface area contributed by atoms with Crippen LogP contribution in [0.4, 0.5) is 0 Å². The van der Waals surface area contributed by atoms with Crippen LogP contribution in [0.3, 0.4) is 0 Å². The van der Waals surface area contributed by atoms with Crippen LogP contribution in [0.1, 0.15) is 27.2 Å². The lowest BCUT2D eigenvalue weighted by Gasteiger charge is -2.24. The highest BCUT2D eigenvalue weighted by Crippen LogP contribution is 2.23. The van der Waals surface area contributed by atoms with Crippen LogP contribution in [-0.2, 0) is 14.8 Å². The maximum atomic E-state index is 11.7. The van der Waals surface area contributed by atoms with E-state index in [-0.39, 0.29) is 36.1 Å². The van der Waals surface area contributed by atoms with Crippen molar-refractivity contribution in [3.8, 4) is 0 Å². The molecule has 0 saturated carbocycles. The Labute approximate surface area is 103 Å². The molecule has 0 bridgehead atoms. The highest BCUT2D eigenvalue weighted by molar-refractivity contribution is 7.89. The molecule has 7 heteroatoms. The van der Waals surface area contributed by atoms with Gasteiger partial charge in [0, 0.05) is 13.1 Å². The lowest BCUT2D eigenvalue weighted by Crippen LogP contribution is -2.39. The van der Waals surface area contributed by atoms with Crippen molar-refractivity contribution in [1.29, 1.82) is 0 Å². The fraction of sp³-hybridized carbons (Fsp3) is 0.900. The number of sulfonamides is 1. The molecule has 0 fully saturated rings. The molecule has 1 unspecified atom stereocenters. The van der Waals surface area contributed by atoms with Crippen molar-refractivity contribution in [2.75, 3.05) is 18.8 Å². The van der Waals surface area contributed by atoms with Gasteiger partial charge in [-0.25, -0.2) is 13.6 Å². The monoisotopic (exact) mass is 265 g/mol. The van der Waals surface area contributed by atoms with Crippen molar-refractivity contribution >= 4 is 15.9 Å². The zero-order valence-corrected chi connectivity index (χ0v) is 11.5. The number of nitrogens with two attached hydrogens (primary N) is 2. The van der Waals surface area contributed by atoms with Gasteiger partial charge in [-0.3, -0.25) is 4.79 Å². The van der Waals surface area contributed by atoms with Gasteiger partial charge in [0.05, 0.1) is 11.7 Å². The van der Waals surface area contributed by atoms with E-state index in [0.717, 1.165) is 0 Å². The predicted molar refractivity (Wildman–Crippen MR) is 67.6 cm³/mol. The van der Waals surface area contributed by atoms with Crippen molar-refractivity contribution in [3.05, 3.63) is 0 Å². The third kappa shape index (κ3) is 9.08. The van der Waals surface area contributed by atoms with E-state index >= 15 is 0 Å². The first-order chi connectivity index (χ1) is 7.55. The smallest absolute Gasteiger partial charge is 0.224 e. The Morgan fingerprint density at radius 2 is 1.88 bits per heavy atom. The van der Waals surface area contributed by atoms with Gasteiger partial charge < -0.3 is 11.1 Å². The Morgan fingerprint density at radius 1 is 1.35 bits per heavy atom. The normalized spacial score (nSPS) is 14.4.